The molecule has 2 bridgehead atoms. The summed E-state index contributed by atoms with van der Waals surface area (Å²) in [6.07, 6.45) is 4.96. The lowest BCUT2D eigenvalue weighted by molar-refractivity contribution is 0.415. The number of nitrogens with zero attached hydrogens (tertiary/aromatic N) is 1. The summed E-state index contributed by atoms with van der Waals surface area (Å²) in [5.41, 5.74) is 2.87. The van der Waals surface area contributed by atoms with E-state index in [0.29, 0.717) is 0 Å². The third kappa shape index (κ3) is 1.96. The van der Waals surface area contributed by atoms with Gasteiger partial charge in [-0.1, -0.05) is 18.2 Å². The van der Waals surface area contributed by atoms with Crippen LogP contribution in [0.15, 0.2) is 42.6 Å². The van der Waals surface area contributed by atoms with Crippen molar-refractivity contribution < 1.29 is 4.74 Å². The molecule has 1 atom stereocenters. The Kier molecular flexibility index (Phi) is 2.69. The smallest absolute Gasteiger partial charge is 0.119 e. The van der Waals surface area contributed by atoms with Crippen molar-refractivity contribution >= 4 is 16.3 Å². The van der Waals surface area contributed by atoms with Crippen LogP contribution in [0.4, 0.5) is 0 Å². The first-order chi connectivity index (χ1) is 9.81. The molecule has 2 aliphatic heterocycles. The SMILES string of the molecule is COc1ccc2cc(C3=CN4CCC(C3)C4)ccc2c1. The number of rotatable bonds is 2. The van der Waals surface area contributed by atoms with Gasteiger partial charge in [0, 0.05) is 19.3 Å². The highest BCUT2D eigenvalue weighted by Gasteiger charge is 2.26. The Morgan fingerprint density at radius 1 is 1.10 bits per heavy atom. The Balaban J connectivity index is 1.74. The van der Waals surface area contributed by atoms with E-state index in [1.165, 1.54) is 47.8 Å². The number of fused-ring (bicyclic) bond motifs is 3. The van der Waals surface area contributed by atoms with Gasteiger partial charge in [-0.3, -0.25) is 0 Å². The number of ether oxygens (including phenoxy) is 1. The summed E-state index contributed by atoms with van der Waals surface area (Å²) in [4.78, 5) is 2.47. The van der Waals surface area contributed by atoms with Gasteiger partial charge in [-0.25, -0.2) is 0 Å². The Labute approximate surface area is 119 Å². The molecule has 2 heterocycles. The molecular weight excluding hydrogens is 246 g/mol. The third-order valence-corrected chi connectivity index (χ3v) is 4.58. The van der Waals surface area contributed by atoms with Gasteiger partial charge in [0.05, 0.1) is 7.11 Å². The number of benzene rings is 2. The molecule has 1 fully saturated rings. The fourth-order valence-corrected chi connectivity index (χ4v) is 3.47. The normalized spacial score (nSPS) is 21.1. The van der Waals surface area contributed by atoms with Crippen molar-refractivity contribution in [1.29, 1.82) is 0 Å². The van der Waals surface area contributed by atoms with Crippen LogP contribution < -0.4 is 4.74 Å². The van der Waals surface area contributed by atoms with E-state index in [4.69, 9.17) is 4.74 Å². The van der Waals surface area contributed by atoms with Crippen molar-refractivity contribution in [3.05, 3.63) is 48.2 Å². The van der Waals surface area contributed by atoms with Gasteiger partial charge in [0.25, 0.3) is 0 Å². The predicted molar refractivity (Wildman–Crippen MR) is 82.8 cm³/mol. The van der Waals surface area contributed by atoms with Crippen LogP contribution in [0, 0.1) is 5.92 Å². The summed E-state index contributed by atoms with van der Waals surface area (Å²) in [6, 6.07) is 13.1. The first kappa shape index (κ1) is 11.8. The zero-order chi connectivity index (χ0) is 13.5. The van der Waals surface area contributed by atoms with Crippen molar-refractivity contribution in [1.82, 2.24) is 4.90 Å². The highest BCUT2D eigenvalue weighted by atomic mass is 16.5. The van der Waals surface area contributed by atoms with Crippen LogP contribution in [-0.2, 0) is 0 Å². The van der Waals surface area contributed by atoms with E-state index in [-0.39, 0.29) is 0 Å². The van der Waals surface area contributed by atoms with Gasteiger partial charge in [0.2, 0.25) is 0 Å². The molecule has 2 aromatic rings. The highest BCUT2D eigenvalue weighted by molar-refractivity contribution is 5.87. The molecule has 2 aliphatic rings. The topological polar surface area (TPSA) is 12.5 Å². The molecule has 20 heavy (non-hydrogen) atoms. The summed E-state index contributed by atoms with van der Waals surface area (Å²) in [6.45, 7) is 2.49. The average molecular weight is 265 g/mol. The Hall–Kier alpha value is -1.96. The maximum absolute atomic E-state index is 5.29. The van der Waals surface area contributed by atoms with Crippen molar-refractivity contribution in [3.63, 3.8) is 0 Å². The molecule has 2 aromatic carbocycles. The summed E-state index contributed by atoms with van der Waals surface area (Å²) >= 11 is 0. The predicted octanol–water partition coefficient (Wildman–Crippen LogP) is 3.91. The number of methoxy groups -OCH3 is 1. The van der Waals surface area contributed by atoms with E-state index in [0.717, 1.165) is 11.7 Å². The van der Waals surface area contributed by atoms with Crippen LogP contribution in [0.2, 0.25) is 0 Å². The maximum atomic E-state index is 5.29. The lowest BCUT2D eigenvalue weighted by Gasteiger charge is -2.23. The first-order valence-electron chi connectivity index (χ1n) is 7.35. The number of hydrogen-bond acceptors (Lipinski definition) is 2. The molecule has 0 aliphatic carbocycles. The second kappa shape index (κ2) is 4.55. The van der Waals surface area contributed by atoms with Gasteiger partial charge in [-0.15, -0.1) is 0 Å². The monoisotopic (exact) mass is 265 g/mol. The molecule has 102 valence electrons. The molecule has 0 saturated carbocycles. The minimum Gasteiger partial charge on any atom is -0.497 e. The number of allylic oxidation sites excluding steroid dienone is 1. The fraction of sp³-hybridized carbons (Fsp3) is 0.333. The molecule has 0 radical (unpaired) electrons. The Bertz CT molecular complexity index is 689. The molecule has 0 aromatic heterocycles. The van der Waals surface area contributed by atoms with E-state index < -0.39 is 0 Å². The van der Waals surface area contributed by atoms with Gasteiger partial charge in [0.15, 0.2) is 0 Å². The van der Waals surface area contributed by atoms with Crippen LogP contribution >= 0.6 is 0 Å². The largest absolute Gasteiger partial charge is 0.497 e. The summed E-state index contributed by atoms with van der Waals surface area (Å²) < 4.78 is 5.29. The summed E-state index contributed by atoms with van der Waals surface area (Å²) in [5, 5.41) is 2.53. The van der Waals surface area contributed by atoms with E-state index in [1.807, 2.05) is 6.07 Å². The van der Waals surface area contributed by atoms with Gasteiger partial charge in [-0.05, 0) is 58.9 Å². The molecule has 2 nitrogen and oxygen atoms in total. The Morgan fingerprint density at radius 2 is 1.95 bits per heavy atom. The van der Waals surface area contributed by atoms with Gasteiger partial charge < -0.3 is 9.64 Å². The fourth-order valence-electron chi connectivity index (χ4n) is 3.47. The van der Waals surface area contributed by atoms with E-state index in [9.17, 15) is 0 Å². The molecule has 0 N–H and O–H groups in total. The second-order valence-corrected chi connectivity index (χ2v) is 5.94. The van der Waals surface area contributed by atoms with Gasteiger partial charge in [-0.2, -0.15) is 0 Å². The lowest BCUT2D eigenvalue weighted by Crippen LogP contribution is -2.18. The second-order valence-electron chi connectivity index (χ2n) is 5.94. The molecular formula is C18H19NO. The molecule has 2 heteroatoms. The van der Waals surface area contributed by atoms with Gasteiger partial charge in [0.1, 0.15) is 5.75 Å². The lowest BCUT2D eigenvalue weighted by atomic mass is 9.92. The molecule has 0 amide bonds. The third-order valence-electron chi connectivity index (χ3n) is 4.58. The van der Waals surface area contributed by atoms with Crippen LogP contribution in [0.1, 0.15) is 18.4 Å². The van der Waals surface area contributed by atoms with Crippen LogP contribution in [0.25, 0.3) is 16.3 Å². The van der Waals surface area contributed by atoms with E-state index >= 15 is 0 Å². The maximum Gasteiger partial charge on any atom is 0.119 e. The van der Waals surface area contributed by atoms with Crippen molar-refractivity contribution in [2.45, 2.75) is 12.8 Å². The average Bonchev–Trinajstić information content (AvgIpc) is 2.84. The van der Waals surface area contributed by atoms with Crippen LogP contribution in [0.3, 0.4) is 0 Å². The molecule has 1 saturated heterocycles. The van der Waals surface area contributed by atoms with Gasteiger partial charge >= 0.3 is 0 Å². The van der Waals surface area contributed by atoms with Crippen LogP contribution in [0.5, 0.6) is 5.75 Å². The standard InChI is InChI=1S/C18H19NO/c1-20-18-5-4-14-9-15(2-3-16(14)10-18)17-8-13-6-7-19(11-13)12-17/h2-5,9-10,12-13H,6-8,11H2,1H3. The number of hydrogen-bond donors (Lipinski definition) is 0. The van der Waals surface area contributed by atoms with Crippen molar-refractivity contribution in [2.24, 2.45) is 5.92 Å². The van der Waals surface area contributed by atoms with E-state index in [2.05, 4.69) is 41.4 Å². The molecule has 0 spiro atoms. The summed E-state index contributed by atoms with van der Waals surface area (Å²) in [5.74, 6) is 1.79. The van der Waals surface area contributed by atoms with Crippen LogP contribution in [-0.4, -0.2) is 25.1 Å². The van der Waals surface area contributed by atoms with E-state index in [1.54, 1.807) is 7.11 Å². The Morgan fingerprint density at radius 3 is 2.80 bits per heavy atom. The molecule has 1 unspecified atom stereocenters. The highest BCUT2D eigenvalue weighted by Crippen LogP contribution is 2.35. The minimum atomic E-state index is 0.863. The first-order valence-corrected chi connectivity index (χ1v) is 7.35. The van der Waals surface area contributed by atoms with Crippen molar-refractivity contribution in [2.75, 3.05) is 20.2 Å². The summed E-state index contributed by atoms with van der Waals surface area (Å²) in [7, 11) is 1.71. The minimum absolute atomic E-state index is 0.863. The zero-order valence-corrected chi connectivity index (χ0v) is 11.8. The molecule has 4 rings (SSSR count). The quantitative estimate of drug-likeness (QED) is 0.816. The zero-order valence-electron chi connectivity index (χ0n) is 11.8. The van der Waals surface area contributed by atoms with Crippen molar-refractivity contribution in [3.8, 4) is 5.75 Å².